The standard InChI is InChI=1S/C16H19N3S/c1-19-10-15(20-19)14-9-18-16-13(14)7-12(8-17-16)11-5-3-2-4-6-11/h7-11H,2-6H2,1H3,(H,17,18). The van der Waals surface area contributed by atoms with Crippen molar-refractivity contribution >= 4 is 22.6 Å². The van der Waals surface area contributed by atoms with Crippen LogP contribution in [0.5, 0.6) is 0 Å². The molecule has 0 amide bonds. The fraction of sp³-hybridized carbons (Fsp3) is 0.438. The average molecular weight is 285 g/mol. The van der Waals surface area contributed by atoms with Gasteiger partial charge in [-0.1, -0.05) is 30.8 Å². The molecule has 3 aromatic heterocycles. The lowest BCUT2D eigenvalue weighted by Crippen LogP contribution is -2.04. The number of aromatic amines is 1. The first-order valence-corrected chi connectivity index (χ1v) is 8.18. The summed E-state index contributed by atoms with van der Waals surface area (Å²) in [5.41, 5.74) is 3.74. The molecule has 1 aliphatic carbocycles. The zero-order chi connectivity index (χ0) is 13.5. The molecule has 1 saturated carbocycles. The van der Waals surface area contributed by atoms with Crippen molar-refractivity contribution in [2.45, 2.75) is 38.0 Å². The van der Waals surface area contributed by atoms with Crippen LogP contribution < -0.4 is 0 Å². The minimum atomic E-state index is 0.717. The van der Waals surface area contributed by atoms with Gasteiger partial charge < -0.3 is 8.94 Å². The summed E-state index contributed by atoms with van der Waals surface area (Å²) in [6, 6.07) is 2.36. The van der Waals surface area contributed by atoms with Crippen LogP contribution in [0.3, 0.4) is 0 Å². The molecular formula is C16H19N3S. The number of pyridine rings is 1. The van der Waals surface area contributed by atoms with Gasteiger partial charge in [-0.15, -0.1) is 0 Å². The lowest BCUT2D eigenvalue weighted by atomic mass is 9.84. The molecular weight excluding hydrogens is 266 g/mol. The number of hydrogen-bond donors (Lipinski definition) is 1. The molecule has 0 atom stereocenters. The predicted molar refractivity (Wildman–Crippen MR) is 84.2 cm³/mol. The quantitative estimate of drug-likeness (QED) is 0.729. The van der Waals surface area contributed by atoms with E-state index in [1.54, 1.807) is 11.5 Å². The Bertz CT molecular complexity index is 716. The van der Waals surface area contributed by atoms with Crippen molar-refractivity contribution in [3.8, 4) is 10.4 Å². The van der Waals surface area contributed by atoms with E-state index in [1.165, 1.54) is 53.5 Å². The molecule has 3 nitrogen and oxygen atoms in total. The van der Waals surface area contributed by atoms with Crippen molar-refractivity contribution in [2.75, 3.05) is 0 Å². The van der Waals surface area contributed by atoms with Crippen molar-refractivity contribution in [3.63, 3.8) is 0 Å². The van der Waals surface area contributed by atoms with Crippen LogP contribution in [0.2, 0.25) is 0 Å². The summed E-state index contributed by atoms with van der Waals surface area (Å²) >= 11 is 1.79. The normalized spacial score (nSPS) is 17.1. The summed E-state index contributed by atoms with van der Waals surface area (Å²) in [5, 5.41) is 1.28. The molecule has 0 spiro atoms. The Balaban J connectivity index is 1.76. The first-order valence-electron chi connectivity index (χ1n) is 7.41. The number of aryl methyl sites for hydroxylation is 1. The van der Waals surface area contributed by atoms with Gasteiger partial charge in [-0.2, -0.15) is 0 Å². The number of H-pyrrole nitrogens is 1. The minimum Gasteiger partial charge on any atom is -0.345 e. The summed E-state index contributed by atoms with van der Waals surface area (Å²) in [6.07, 6.45) is 13.1. The molecule has 1 N–H and O–H groups in total. The second-order valence-corrected chi connectivity index (χ2v) is 7.03. The lowest BCUT2D eigenvalue weighted by molar-refractivity contribution is 0.443. The summed E-state index contributed by atoms with van der Waals surface area (Å²) in [7, 11) is 2.08. The van der Waals surface area contributed by atoms with Gasteiger partial charge in [0.15, 0.2) is 0 Å². The Hall–Kier alpha value is -1.55. The van der Waals surface area contributed by atoms with E-state index in [4.69, 9.17) is 0 Å². The first kappa shape index (κ1) is 12.2. The van der Waals surface area contributed by atoms with Gasteiger partial charge in [-0.05, 0) is 30.4 Å². The van der Waals surface area contributed by atoms with E-state index < -0.39 is 0 Å². The third-order valence-corrected chi connectivity index (χ3v) is 5.35. The van der Waals surface area contributed by atoms with Crippen LogP contribution >= 0.6 is 11.5 Å². The zero-order valence-electron chi connectivity index (χ0n) is 11.7. The van der Waals surface area contributed by atoms with E-state index in [0.29, 0.717) is 5.92 Å². The van der Waals surface area contributed by atoms with Gasteiger partial charge in [0, 0.05) is 36.6 Å². The number of aromatic nitrogens is 3. The monoisotopic (exact) mass is 285 g/mol. The molecule has 3 aromatic rings. The molecule has 0 aliphatic heterocycles. The van der Waals surface area contributed by atoms with Crippen LogP contribution in [-0.4, -0.2) is 13.9 Å². The van der Waals surface area contributed by atoms with Gasteiger partial charge in [-0.3, -0.25) is 0 Å². The van der Waals surface area contributed by atoms with Crippen molar-refractivity contribution in [1.29, 1.82) is 0 Å². The predicted octanol–water partition coefficient (Wildman–Crippen LogP) is 4.68. The van der Waals surface area contributed by atoms with E-state index in [2.05, 4.69) is 45.6 Å². The highest BCUT2D eigenvalue weighted by atomic mass is 32.1. The summed E-state index contributed by atoms with van der Waals surface area (Å²) < 4.78 is 2.13. The molecule has 1 aliphatic rings. The molecule has 104 valence electrons. The second kappa shape index (κ2) is 4.77. The molecule has 0 aromatic carbocycles. The highest BCUT2D eigenvalue weighted by Gasteiger charge is 2.18. The second-order valence-electron chi connectivity index (χ2n) is 5.83. The van der Waals surface area contributed by atoms with Crippen LogP contribution in [0.4, 0.5) is 0 Å². The number of fused-ring (bicyclic) bond motifs is 1. The molecule has 1 fully saturated rings. The Morgan fingerprint density at radius 1 is 1.30 bits per heavy atom. The summed E-state index contributed by atoms with van der Waals surface area (Å²) in [4.78, 5) is 9.26. The highest BCUT2D eigenvalue weighted by molar-refractivity contribution is 7.11. The zero-order valence-corrected chi connectivity index (χ0v) is 12.5. The van der Waals surface area contributed by atoms with Gasteiger partial charge in [0.1, 0.15) is 5.65 Å². The summed E-state index contributed by atoms with van der Waals surface area (Å²) in [5.74, 6) is 0.717. The van der Waals surface area contributed by atoms with Crippen molar-refractivity contribution < 1.29 is 0 Å². The van der Waals surface area contributed by atoms with Crippen LogP contribution in [0, 0.1) is 0 Å². The highest BCUT2D eigenvalue weighted by Crippen LogP contribution is 2.37. The average Bonchev–Trinajstić information content (AvgIpc) is 2.87. The lowest BCUT2D eigenvalue weighted by Gasteiger charge is -2.21. The number of hydrogen-bond acceptors (Lipinski definition) is 2. The van der Waals surface area contributed by atoms with Crippen LogP contribution in [0.15, 0.2) is 24.7 Å². The largest absolute Gasteiger partial charge is 0.345 e. The Kier molecular flexibility index (Phi) is 2.91. The van der Waals surface area contributed by atoms with E-state index in [1.807, 2.05) is 0 Å². The summed E-state index contributed by atoms with van der Waals surface area (Å²) in [6.45, 7) is 0. The molecule has 0 unspecified atom stereocenters. The van der Waals surface area contributed by atoms with E-state index in [-0.39, 0.29) is 0 Å². The van der Waals surface area contributed by atoms with Gasteiger partial charge in [-0.25, -0.2) is 4.98 Å². The van der Waals surface area contributed by atoms with Crippen molar-refractivity contribution in [3.05, 3.63) is 30.2 Å². The maximum atomic E-state index is 4.63. The van der Waals surface area contributed by atoms with Crippen LogP contribution in [0.25, 0.3) is 21.5 Å². The van der Waals surface area contributed by atoms with Gasteiger partial charge in [0.2, 0.25) is 0 Å². The Morgan fingerprint density at radius 2 is 2.10 bits per heavy atom. The maximum Gasteiger partial charge on any atom is 0.137 e. The van der Waals surface area contributed by atoms with Crippen molar-refractivity contribution in [2.24, 2.45) is 7.05 Å². The first-order chi connectivity index (χ1) is 9.81. The van der Waals surface area contributed by atoms with Crippen LogP contribution in [-0.2, 0) is 7.05 Å². The molecule has 0 saturated heterocycles. The number of rotatable bonds is 2. The number of nitrogens with zero attached hydrogens (tertiary/aromatic N) is 2. The van der Waals surface area contributed by atoms with E-state index in [0.717, 1.165) is 5.65 Å². The van der Waals surface area contributed by atoms with Gasteiger partial charge >= 0.3 is 0 Å². The molecule has 0 bridgehead atoms. The molecule has 3 heterocycles. The molecule has 4 rings (SSSR count). The smallest absolute Gasteiger partial charge is 0.137 e. The van der Waals surface area contributed by atoms with Gasteiger partial charge in [0.25, 0.3) is 0 Å². The van der Waals surface area contributed by atoms with E-state index in [9.17, 15) is 0 Å². The number of nitrogens with one attached hydrogen (secondary N) is 1. The molecule has 4 heteroatoms. The third-order valence-electron chi connectivity index (χ3n) is 4.44. The van der Waals surface area contributed by atoms with Gasteiger partial charge in [0.05, 0.1) is 4.88 Å². The van der Waals surface area contributed by atoms with Crippen LogP contribution in [0.1, 0.15) is 43.6 Å². The fourth-order valence-electron chi connectivity index (χ4n) is 3.32. The minimum absolute atomic E-state index is 0.717. The van der Waals surface area contributed by atoms with Crippen molar-refractivity contribution in [1.82, 2.24) is 13.9 Å². The fourth-order valence-corrected chi connectivity index (χ4v) is 4.10. The Labute approximate surface area is 122 Å². The molecule has 0 radical (unpaired) electrons. The third kappa shape index (κ3) is 1.99. The maximum absolute atomic E-state index is 4.63. The molecule has 20 heavy (non-hydrogen) atoms. The topological polar surface area (TPSA) is 33.6 Å². The van der Waals surface area contributed by atoms with E-state index >= 15 is 0 Å². The Morgan fingerprint density at radius 3 is 2.85 bits per heavy atom. The SMILES string of the molecule is Cn1cc(-c2c[nH]c3ncc(C4CCCCC4)cc23)s1.